The van der Waals surface area contributed by atoms with E-state index in [-0.39, 0.29) is 5.91 Å². The quantitative estimate of drug-likeness (QED) is 0.796. The summed E-state index contributed by atoms with van der Waals surface area (Å²) in [5.74, 6) is 1.16. The fraction of sp³-hybridized carbons (Fsp3) is 0.545. The smallest absolute Gasteiger partial charge is 0.289 e. The van der Waals surface area contributed by atoms with E-state index in [1.165, 1.54) is 0 Å². The van der Waals surface area contributed by atoms with E-state index in [4.69, 9.17) is 10.2 Å². The fourth-order valence-electron chi connectivity index (χ4n) is 1.40. The van der Waals surface area contributed by atoms with Crippen molar-refractivity contribution in [2.24, 2.45) is 5.73 Å². The van der Waals surface area contributed by atoms with E-state index < -0.39 is 0 Å². The zero-order valence-electron chi connectivity index (χ0n) is 9.32. The van der Waals surface area contributed by atoms with Crippen molar-refractivity contribution in [3.05, 3.63) is 23.7 Å². The predicted octanol–water partition coefficient (Wildman–Crippen LogP) is 1.26. The molecule has 1 heterocycles. The van der Waals surface area contributed by atoms with Gasteiger partial charge in [0.05, 0.1) is 0 Å². The van der Waals surface area contributed by atoms with Crippen molar-refractivity contribution in [2.75, 3.05) is 19.6 Å². The van der Waals surface area contributed by atoms with Crippen molar-refractivity contribution in [3.8, 4) is 0 Å². The number of amides is 1. The minimum atomic E-state index is -0.0809. The maximum atomic E-state index is 11.9. The Morgan fingerprint density at radius 3 is 2.67 bits per heavy atom. The molecule has 0 aliphatic carbocycles. The van der Waals surface area contributed by atoms with Gasteiger partial charge in [-0.25, -0.2) is 0 Å². The lowest BCUT2D eigenvalue weighted by Crippen LogP contribution is -2.34. The summed E-state index contributed by atoms with van der Waals surface area (Å²) in [7, 11) is 0. The molecule has 1 aromatic rings. The summed E-state index contributed by atoms with van der Waals surface area (Å²) in [6, 6.07) is 3.56. The van der Waals surface area contributed by atoms with Gasteiger partial charge in [-0.1, -0.05) is 6.92 Å². The van der Waals surface area contributed by atoms with Crippen molar-refractivity contribution in [2.45, 2.75) is 20.3 Å². The van der Waals surface area contributed by atoms with Crippen LogP contribution in [0.3, 0.4) is 0 Å². The van der Waals surface area contributed by atoms with Crippen molar-refractivity contribution in [1.82, 2.24) is 4.90 Å². The van der Waals surface area contributed by atoms with Crippen LogP contribution in [0.25, 0.3) is 0 Å². The largest absolute Gasteiger partial charge is 0.456 e. The number of hydrogen-bond donors (Lipinski definition) is 1. The molecule has 1 amide bonds. The van der Waals surface area contributed by atoms with E-state index in [0.29, 0.717) is 25.4 Å². The molecule has 1 rings (SSSR count). The molecule has 0 radical (unpaired) electrons. The molecule has 0 unspecified atom stereocenters. The highest BCUT2D eigenvalue weighted by Crippen LogP contribution is 2.10. The van der Waals surface area contributed by atoms with E-state index in [9.17, 15) is 4.79 Å². The van der Waals surface area contributed by atoms with E-state index in [1.54, 1.807) is 11.0 Å². The van der Waals surface area contributed by atoms with E-state index in [0.717, 1.165) is 12.2 Å². The SMILES string of the molecule is CCc1ccc(C(=O)N(CC)CCN)o1. The number of nitrogens with two attached hydrogens (primary N) is 1. The number of rotatable bonds is 5. The molecule has 2 N–H and O–H groups in total. The predicted molar refractivity (Wildman–Crippen MR) is 58.7 cm³/mol. The highest BCUT2D eigenvalue weighted by Gasteiger charge is 2.16. The zero-order chi connectivity index (χ0) is 11.3. The normalized spacial score (nSPS) is 10.3. The minimum absolute atomic E-state index is 0.0809. The third kappa shape index (κ3) is 2.83. The van der Waals surface area contributed by atoms with Crippen LogP contribution < -0.4 is 5.73 Å². The number of aryl methyl sites for hydroxylation is 1. The summed E-state index contributed by atoms with van der Waals surface area (Å²) in [6.45, 7) is 5.61. The van der Waals surface area contributed by atoms with Gasteiger partial charge >= 0.3 is 0 Å². The number of furan rings is 1. The fourth-order valence-corrected chi connectivity index (χ4v) is 1.40. The molecule has 0 bridgehead atoms. The van der Waals surface area contributed by atoms with Crippen molar-refractivity contribution in [3.63, 3.8) is 0 Å². The van der Waals surface area contributed by atoms with Gasteiger partial charge in [0.15, 0.2) is 5.76 Å². The average molecular weight is 210 g/mol. The van der Waals surface area contributed by atoms with Crippen molar-refractivity contribution < 1.29 is 9.21 Å². The van der Waals surface area contributed by atoms with Gasteiger partial charge in [-0.15, -0.1) is 0 Å². The second-order valence-corrected chi connectivity index (χ2v) is 3.29. The van der Waals surface area contributed by atoms with Gasteiger partial charge in [0.2, 0.25) is 0 Å². The molecule has 0 aromatic carbocycles. The third-order valence-corrected chi connectivity index (χ3v) is 2.29. The molecule has 0 saturated heterocycles. The Balaban J connectivity index is 2.73. The maximum Gasteiger partial charge on any atom is 0.289 e. The molecule has 84 valence electrons. The second-order valence-electron chi connectivity index (χ2n) is 3.29. The zero-order valence-corrected chi connectivity index (χ0v) is 9.32. The van der Waals surface area contributed by atoms with Gasteiger partial charge in [0, 0.05) is 26.1 Å². The van der Waals surface area contributed by atoms with Crippen LogP contribution in [0.4, 0.5) is 0 Å². The summed E-state index contributed by atoms with van der Waals surface area (Å²) < 4.78 is 5.39. The van der Waals surface area contributed by atoms with Gasteiger partial charge in [0.25, 0.3) is 5.91 Å². The van der Waals surface area contributed by atoms with E-state index >= 15 is 0 Å². The summed E-state index contributed by atoms with van der Waals surface area (Å²) >= 11 is 0. The number of likely N-dealkylation sites (N-methyl/N-ethyl adjacent to an activating group) is 1. The Hall–Kier alpha value is -1.29. The Morgan fingerprint density at radius 1 is 1.47 bits per heavy atom. The Bertz CT molecular complexity index is 320. The Labute approximate surface area is 90.0 Å². The number of carbonyl (C=O) groups is 1. The lowest BCUT2D eigenvalue weighted by atomic mass is 10.3. The number of hydrogen-bond acceptors (Lipinski definition) is 3. The van der Waals surface area contributed by atoms with Crippen LogP contribution in [0.1, 0.15) is 30.2 Å². The molecular formula is C11H18N2O2. The van der Waals surface area contributed by atoms with Crippen LogP contribution >= 0.6 is 0 Å². The van der Waals surface area contributed by atoms with Gasteiger partial charge in [-0.05, 0) is 19.1 Å². The molecular weight excluding hydrogens is 192 g/mol. The van der Waals surface area contributed by atoms with Gasteiger partial charge in [0.1, 0.15) is 5.76 Å². The molecule has 0 aliphatic rings. The third-order valence-electron chi connectivity index (χ3n) is 2.29. The summed E-state index contributed by atoms with van der Waals surface area (Å²) in [4.78, 5) is 13.6. The highest BCUT2D eigenvalue weighted by molar-refractivity contribution is 5.91. The van der Waals surface area contributed by atoms with Crippen LogP contribution in [0.5, 0.6) is 0 Å². The van der Waals surface area contributed by atoms with Crippen LogP contribution in [0.15, 0.2) is 16.5 Å². The molecule has 0 saturated carbocycles. The van der Waals surface area contributed by atoms with Crippen LogP contribution in [-0.4, -0.2) is 30.4 Å². The van der Waals surface area contributed by atoms with Crippen LogP contribution in [-0.2, 0) is 6.42 Å². The molecule has 4 heteroatoms. The van der Waals surface area contributed by atoms with Crippen LogP contribution in [0.2, 0.25) is 0 Å². The first kappa shape index (κ1) is 11.8. The standard InChI is InChI=1S/C11H18N2O2/c1-3-9-5-6-10(15-9)11(14)13(4-2)8-7-12/h5-6H,3-4,7-8,12H2,1-2H3. The van der Waals surface area contributed by atoms with Crippen LogP contribution in [0, 0.1) is 0 Å². The number of carbonyl (C=O) groups excluding carboxylic acids is 1. The average Bonchev–Trinajstić information content (AvgIpc) is 2.73. The van der Waals surface area contributed by atoms with Crippen molar-refractivity contribution >= 4 is 5.91 Å². The molecule has 1 aromatic heterocycles. The van der Waals surface area contributed by atoms with Gasteiger partial charge in [-0.2, -0.15) is 0 Å². The second kappa shape index (κ2) is 5.56. The molecule has 0 spiro atoms. The summed E-state index contributed by atoms with van der Waals surface area (Å²) in [5.41, 5.74) is 5.43. The molecule has 0 aliphatic heterocycles. The molecule has 4 nitrogen and oxygen atoms in total. The lowest BCUT2D eigenvalue weighted by molar-refractivity contribution is 0.0735. The van der Waals surface area contributed by atoms with Gasteiger partial charge < -0.3 is 15.1 Å². The van der Waals surface area contributed by atoms with E-state index in [2.05, 4.69) is 0 Å². The lowest BCUT2D eigenvalue weighted by Gasteiger charge is -2.18. The highest BCUT2D eigenvalue weighted by atomic mass is 16.4. The summed E-state index contributed by atoms with van der Waals surface area (Å²) in [5, 5.41) is 0. The monoisotopic (exact) mass is 210 g/mol. The Kier molecular flexibility index (Phi) is 4.37. The van der Waals surface area contributed by atoms with Gasteiger partial charge in [-0.3, -0.25) is 4.79 Å². The first-order valence-corrected chi connectivity index (χ1v) is 5.31. The van der Waals surface area contributed by atoms with E-state index in [1.807, 2.05) is 19.9 Å². The number of nitrogens with zero attached hydrogens (tertiary/aromatic N) is 1. The first-order chi connectivity index (χ1) is 7.22. The Morgan fingerprint density at radius 2 is 2.20 bits per heavy atom. The first-order valence-electron chi connectivity index (χ1n) is 5.31. The molecule has 15 heavy (non-hydrogen) atoms. The topological polar surface area (TPSA) is 59.5 Å². The maximum absolute atomic E-state index is 11.9. The van der Waals surface area contributed by atoms with Crippen molar-refractivity contribution in [1.29, 1.82) is 0 Å². The molecule has 0 atom stereocenters. The summed E-state index contributed by atoms with van der Waals surface area (Å²) in [6.07, 6.45) is 0.802. The molecule has 0 fully saturated rings. The minimum Gasteiger partial charge on any atom is -0.456 e.